The van der Waals surface area contributed by atoms with Gasteiger partial charge < -0.3 is 15.8 Å². The topological polar surface area (TPSA) is 74.9 Å². The molecular formula is C14H17N3O. The molecule has 0 bridgehead atoms. The van der Waals surface area contributed by atoms with Crippen LogP contribution in [0.3, 0.4) is 0 Å². The van der Waals surface area contributed by atoms with Gasteiger partial charge in [0.05, 0.1) is 5.69 Å². The lowest BCUT2D eigenvalue weighted by Gasteiger charge is -2.18. The number of fused-ring (bicyclic) bond motifs is 1. The summed E-state index contributed by atoms with van der Waals surface area (Å²) in [5.41, 5.74) is 9.13. The molecule has 1 atom stereocenters. The highest BCUT2D eigenvalue weighted by molar-refractivity contribution is 5.57. The van der Waals surface area contributed by atoms with Gasteiger partial charge in [0.25, 0.3) is 0 Å². The van der Waals surface area contributed by atoms with Gasteiger partial charge in [-0.1, -0.05) is 0 Å². The number of H-pyrrole nitrogens is 1. The van der Waals surface area contributed by atoms with Gasteiger partial charge in [-0.05, 0) is 56.0 Å². The third-order valence-corrected chi connectivity index (χ3v) is 3.62. The summed E-state index contributed by atoms with van der Waals surface area (Å²) in [6.45, 7) is 0.743. The molecule has 1 unspecified atom stereocenters. The van der Waals surface area contributed by atoms with E-state index in [2.05, 4.69) is 9.97 Å². The summed E-state index contributed by atoms with van der Waals surface area (Å²) in [5, 5.41) is 9.29. The Morgan fingerprint density at radius 1 is 1.33 bits per heavy atom. The van der Waals surface area contributed by atoms with Crippen LogP contribution in [0, 0.1) is 5.92 Å². The molecule has 0 saturated heterocycles. The van der Waals surface area contributed by atoms with Crippen LogP contribution >= 0.6 is 0 Å². The molecule has 0 spiro atoms. The number of nitrogens with one attached hydrogen (secondary N) is 1. The van der Waals surface area contributed by atoms with E-state index in [1.807, 2.05) is 12.1 Å². The molecule has 4 nitrogen and oxygen atoms in total. The van der Waals surface area contributed by atoms with Crippen LogP contribution in [0.4, 0.5) is 0 Å². The number of phenolic OH excluding ortho intramolecular Hbond substituents is 1. The number of imidazole rings is 1. The Balaban J connectivity index is 1.91. The molecule has 1 aliphatic rings. The second kappa shape index (κ2) is 4.46. The molecule has 0 radical (unpaired) electrons. The zero-order valence-electron chi connectivity index (χ0n) is 10.2. The number of aryl methyl sites for hydroxylation is 1. The Bertz CT molecular complexity index is 545. The summed E-state index contributed by atoms with van der Waals surface area (Å²) in [7, 11) is 0. The smallest absolute Gasteiger partial charge is 0.137 e. The van der Waals surface area contributed by atoms with Gasteiger partial charge in [-0.2, -0.15) is 0 Å². The Morgan fingerprint density at radius 3 is 2.83 bits per heavy atom. The number of nitrogens with zero attached hydrogens (tertiary/aromatic N) is 1. The van der Waals surface area contributed by atoms with Crippen LogP contribution in [0.25, 0.3) is 11.4 Å². The van der Waals surface area contributed by atoms with Crippen molar-refractivity contribution in [3.8, 4) is 17.1 Å². The van der Waals surface area contributed by atoms with Crippen molar-refractivity contribution in [2.24, 2.45) is 11.7 Å². The SMILES string of the molecule is NCC1CCc2nc(-c3ccc(O)cc3)[nH]c2C1. The van der Waals surface area contributed by atoms with E-state index < -0.39 is 0 Å². The lowest BCUT2D eigenvalue weighted by molar-refractivity contribution is 0.461. The average Bonchev–Trinajstić information content (AvgIpc) is 2.82. The first-order chi connectivity index (χ1) is 8.76. The molecule has 18 heavy (non-hydrogen) atoms. The van der Waals surface area contributed by atoms with Crippen molar-refractivity contribution in [2.45, 2.75) is 19.3 Å². The summed E-state index contributed by atoms with van der Waals surface area (Å²) < 4.78 is 0. The minimum absolute atomic E-state index is 0.276. The van der Waals surface area contributed by atoms with Gasteiger partial charge in [0, 0.05) is 11.3 Å². The van der Waals surface area contributed by atoms with Gasteiger partial charge in [-0.15, -0.1) is 0 Å². The fraction of sp³-hybridized carbons (Fsp3) is 0.357. The largest absolute Gasteiger partial charge is 0.508 e. The number of phenols is 1. The molecule has 0 saturated carbocycles. The quantitative estimate of drug-likeness (QED) is 0.753. The van der Waals surface area contributed by atoms with Crippen molar-refractivity contribution < 1.29 is 5.11 Å². The van der Waals surface area contributed by atoms with Crippen molar-refractivity contribution >= 4 is 0 Å². The maximum absolute atomic E-state index is 9.29. The standard InChI is InChI=1S/C14H17N3O/c15-8-9-1-6-12-13(7-9)17-14(16-12)10-2-4-11(18)5-3-10/h2-5,9,18H,1,6-8,15H2,(H,16,17). The molecule has 2 aromatic rings. The molecule has 94 valence electrons. The Labute approximate surface area is 106 Å². The number of benzene rings is 1. The summed E-state index contributed by atoms with van der Waals surface area (Å²) >= 11 is 0. The number of nitrogens with two attached hydrogens (primary N) is 1. The van der Waals surface area contributed by atoms with Crippen LogP contribution in [-0.2, 0) is 12.8 Å². The van der Waals surface area contributed by atoms with E-state index in [1.54, 1.807) is 12.1 Å². The van der Waals surface area contributed by atoms with E-state index in [-0.39, 0.29) is 5.75 Å². The van der Waals surface area contributed by atoms with Crippen molar-refractivity contribution in [1.29, 1.82) is 0 Å². The Hall–Kier alpha value is -1.81. The fourth-order valence-corrected chi connectivity index (χ4v) is 2.51. The Kier molecular flexibility index (Phi) is 2.80. The summed E-state index contributed by atoms with van der Waals surface area (Å²) in [6.07, 6.45) is 3.13. The normalized spacial score (nSPS) is 18.6. The van der Waals surface area contributed by atoms with Crippen molar-refractivity contribution in [3.63, 3.8) is 0 Å². The predicted octanol–water partition coefficient (Wildman–Crippen LogP) is 1.85. The lowest BCUT2D eigenvalue weighted by atomic mass is 9.90. The predicted molar refractivity (Wildman–Crippen MR) is 70.3 cm³/mol. The first-order valence-corrected chi connectivity index (χ1v) is 6.33. The average molecular weight is 243 g/mol. The number of hydrogen-bond acceptors (Lipinski definition) is 3. The number of hydrogen-bond donors (Lipinski definition) is 3. The van der Waals surface area contributed by atoms with E-state index in [0.29, 0.717) is 5.92 Å². The molecule has 1 aromatic heterocycles. The van der Waals surface area contributed by atoms with Crippen LogP contribution in [0.5, 0.6) is 5.75 Å². The molecular weight excluding hydrogens is 226 g/mol. The van der Waals surface area contributed by atoms with E-state index in [1.165, 1.54) is 11.4 Å². The maximum Gasteiger partial charge on any atom is 0.137 e. The number of rotatable bonds is 2. The first kappa shape index (κ1) is 11.3. The minimum Gasteiger partial charge on any atom is -0.508 e. The summed E-state index contributed by atoms with van der Waals surface area (Å²) in [6, 6.07) is 7.11. The zero-order chi connectivity index (χ0) is 12.5. The molecule has 1 aromatic carbocycles. The summed E-state index contributed by atoms with van der Waals surface area (Å²) in [4.78, 5) is 8.03. The lowest BCUT2D eigenvalue weighted by Crippen LogP contribution is -2.22. The van der Waals surface area contributed by atoms with E-state index in [0.717, 1.165) is 37.2 Å². The molecule has 4 N–H and O–H groups in total. The second-order valence-corrected chi connectivity index (χ2v) is 4.90. The first-order valence-electron chi connectivity index (χ1n) is 6.33. The van der Waals surface area contributed by atoms with E-state index >= 15 is 0 Å². The molecule has 3 rings (SSSR count). The zero-order valence-corrected chi connectivity index (χ0v) is 10.2. The van der Waals surface area contributed by atoms with Crippen molar-refractivity contribution in [2.75, 3.05) is 6.54 Å². The number of aromatic nitrogens is 2. The molecule has 4 heteroatoms. The molecule has 0 fully saturated rings. The highest BCUT2D eigenvalue weighted by atomic mass is 16.3. The van der Waals surface area contributed by atoms with Crippen molar-refractivity contribution in [1.82, 2.24) is 9.97 Å². The van der Waals surface area contributed by atoms with Gasteiger partial charge in [-0.25, -0.2) is 4.98 Å². The van der Waals surface area contributed by atoms with Crippen LogP contribution in [0.1, 0.15) is 17.8 Å². The maximum atomic E-state index is 9.29. The number of aromatic hydroxyl groups is 1. The van der Waals surface area contributed by atoms with Crippen molar-refractivity contribution in [3.05, 3.63) is 35.7 Å². The number of aromatic amines is 1. The van der Waals surface area contributed by atoms with Gasteiger partial charge in [0.2, 0.25) is 0 Å². The third kappa shape index (κ3) is 1.99. The van der Waals surface area contributed by atoms with Crippen LogP contribution in [0.15, 0.2) is 24.3 Å². The second-order valence-electron chi connectivity index (χ2n) is 4.90. The van der Waals surface area contributed by atoms with Gasteiger partial charge >= 0.3 is 0 Å². The van der Waals surface area contributed by atoms with Gasteiger partial charge in [-0.3, -0.25) is 0 Å². The highest BCUT2D eigenvalue weighted by Gasteiger charge is 2.21. The van der Waals surface area contributed by atoms with Crippen LogP contribution in [-0.4, -0.2) is 21.6 Å². The molecule has 0 aliphatic heterocycles. The monoisotopic (exact) mass is 243 g/mol. The molecule has 1 heterocycles. The fourth-order valence-electron chi connectivity index (χ4n) is 2.51. The summed E-state index contributed by atoms with van der Waals surface area (Å²) in [5.74, 6) is 1.74. The Morgan fingerprint density at radius 2 is 2.11 bits per heavy atom. The highest BCUT2D eigenvalue weighted by Crippen LogP contribution is 2.27. The van der Waals surface area contributed by atoms with E-state index in [4.69, 9.17) is 5.73 Å². The van der Waals surface area contributed by atoms with Crippen LogP contribution in [0.2, 0.25) is 0 Å². The molecule has 1 aliphatic carbocycles. The minimum atomic E-state index is 0.276. The van der Waals surface area contributed by atoms with Gasteiger partial charge in [0.15, 0.2) is 0 Å². The third-order valence-electron chi connectivity index (χ3n) is 3.62. The molecule has 0 amide bonds. The van der Waals surface area contributed by atoms with E-state index in [9.17, 15) is 5.11 Å². The van der Waals surface area contributed by atoms with Gasteiger partial charge in [0.1, 0.15) is 11.6 Å². The van der Waals surface area contributed by atoms with Crippen LogP contribution < -0.4 is 5.73 Å².